The van der Waals surface area contributed by atoms with Crippen LogP contribution in [0, 0.1) is 0 Å². The fourth-order valence-corrected chi connectivity index (χ4v) is 5.12. The number of aromatic nitrogens is 2. The molecule has 1 N–H and O–H groups in total. The largest absolute Gasteiger partial charge is 0.307 e. The predicted molar refractivity (Wildman–Crippen MR) is 82.9 cm³/mol. The van der Waals surface area contributed by atoms with E-state index < -0.39 is 9.84 Å². The van der Waals surface area contributed by atoms with Crippen LogP contribution in [0.3, 0.4) is 0 Å². The SMILES string of the molecule is O=S1(=O)CCCC(NCc2ccn(C3CCCCC3)n2)C1. The maximum absolute atomic E-state index is 11.6. The van der Waals surface area contributed by atoms with Gasteiger partial charge in [0, 0.05) is 18.8 Å². The van der Waals surface area contributed by atoms with E-state index in [1.807, 2.05) is 0 Å². The van der Waals surface area contributed by atoms with Gasteiger partial charge in [0.15, 0.2) is 9.84 Å². The first-order valence-electron chi connectivity index (χ1n) is 8.10. The van der Waals surface area contributed by atoms with Crippen LogP contribution in [0.4, 0.5) is 0 Å². The summed E-state index contributed by atoms with van der Waals surface area (Å²) < 4.78 is 25.4. The van der Waals surface area contributed by atoms with Crippen LogP contribution in [0.1, 0.15) is 56.7 Å². The van der Waals surface area contributed by atoms with E-state index in [9.17, 15) is 8.42 Å². The Morgan fingerprint density at radius 2 is 2.00 bits per heavy atom. The highest BCUT2D eigenvalue weighted by molar-refractivity contribution is 7.91. The molecule has 2 aliphatic rings. The Hall–Kier alpha value is -0.880. The third kappa shape index (κ3) is 4.07. The lowest BCUT2D eigenvalue weighted by Gasteiger charge is -2.23. The molecular formula is C15H25N3O2S. The number of nitrogens with zero attached hydrogens (tertiary/aromatic N) is 2. The Balaban J connectivity index is 1.52. The highest BCUT2D eigenvalue weighted by Crippen LogP contribution is 2.27. The topological polar surface area (TPSA) is 64.0 Å². The van der Waals surface area contributed by atoms with Gasteiger partial charge in [0.2, 0.25) is 0 Å². The zero-order chi connectivity index (χ0) is 14.7. The second-order valence-corrected chi connectivity index (χ2v) is 8.64. The van der Waals surface area contributed by atoms with E-state index in [0.29, 0.717) is 18.3 Å². The molecule has 1 aliphatic carbocycles. The molecular weight excluding hydrogens is 286 g/mol. The van der Waals surface area contributed by atoms with Crippen LogP contribution < -0.4 is 5.32 Å². The fraction of sp³-hybridized carbons (Fsp3) is 0.800. The molecule has 5 nitrogen and oxygen atoms in total. The molecule has 0 amide bonds. The third-order valence-electron chi connectivity index (χ3n) is 4.65. The van der Waals surface area contributed by atoms with Crippen LogP contribution >= 0.6 is 0 Å². The Morgan fingerprint density at radius 1 is 1.19 bits per heavy atom. The van der Waals surface area contributed by atoms with Crippen LogP contribution in [-0.4, -0.2) is 35.7 Å². The number of hydrogen-bond donors (Lipinski definition) is 1. The van der Waals surface area contributed by atoms with Gasteiger partial charge in [0.1, 0.15) is 0 Å². The summed E-state index contributed by atoms with van der Waals surface area (Å²) in [6, 6.07) is 2.70. The van der Waals surface area contributed by atoms with E-state index in [1.165, 1.54) is 32.1 Å². The van der Waals surface area contributed by atoms with E-state index in [1.54, 1.807) is 0 Å². The quantitative estimate of drug-likeness (QED) is 0.924. The maximum atomic E-state index is 11.6. The van der Waals surface area contributed by atoms with Crippen molar-refractivity contribution in [1.29, 1.82) is 0 Å². The summed E-state index contributed by atoms with van der Waals surface area (Å²) in [5.41, 5.74) is 1.02. The first-order chi connectivity index (χ1) is 10.1. The van der Waals surface area contributed by atoms with Crippen molar-refractivity contribution >= 4 is 9.84 Å². The zero-order valence-electron chi connectivity index (χ0n) is 12.5. The highest BCUT2D eigenvalue weighted by Gasteiger charge is 2.24. The summed E-state index contributed by atoms with van der Waals surface area (Å²) in [5.74, 6) is 0.623. The lowest BCUT2D eigenvalue weighted by molar-refractivity contribution is 0.327. The van der Waals surface area contributed by atoms with Crippen molar-refractivity contribution in [3.63, 3.8) is 0 Å². The molecule has 2 heterocycles. The van der Waals surface area contributed by atoms with Gasteiger partial charge >= 0.3 is 0 Å². The fourth-order valence-electron chi connectivity index (χ4n) is 3.45. The summed E-state index contributed by atoms with van der Waals surface area (Å²) in [4.78, 5) is 0. The smallest absolute Gasteiger partial charge is 0.151 e. The molecule has 1 saturated carbocycles. The predicted octanol–water partition coefficient (Wildman–Crippen LogP) is 2.06. The van der Waals surface area contributed by atoms with Crippen molar-refractivity contribution in [2.75, 3.05) is 11.5 Å². The van der Waals surface area contributed by atoms with Crippen molar-refractivity contribution < 1.29 is 8.42 Å². The third-order valence-corrected chi connectivity index (χ3v) is 6.47. The van der Waals surface area contributed by atoms with Crippen molar-refractivity contribution in [3.8, 4) is 0 Å². The summed E-state index contributed by atoms with van der Waals surface area (Å²) in [7, 11) is -2.84. The van der Waals surface area contributed by atoms with Gasteiger partial charge in [-0.3, -0.25) is 4.68 Å². The van der Waals surface area contributed by atoms with Gasteiger partial charge in [-0.1, -0.05) is 19.3 Å². The Kier molecular flexibility index (Phi) is 4.64. The van der Waals surface area contributed by atoms with Gasteiger partial charge in [0.05, 0.1) is 23.2 Å². The van der Waals surface area contributed by atoms with Crippen molar-refractivity contribution in [2.24, 2.45) is 0 Å². The van der Waals surface area contributed by atoms with Gasteiger partial charge in [-0.05, 0) is 31.7 Å². The molecule has 1 aromatic rings. The lowest BCUT2D eigenvalue weighted by atomic mass is 9.96. The summed E-state index contributed by atoms with van der Waals surface area (Å²) in [6.07, 6.45) is 10.2. The average Bonchev–Trinajstić information content (AvgIpc) is 2.94. The molecule has 0 aromatic carbocycles. The highest BCUT2D eigenvalue weighted by atomic mass is 32.2. The minimum Gasteiger partial charge on any atom is -0.307 e. The van der Waals surface area contributed by atoms with Gasteiger partial charge in [-0.25, -0.2) is 8.42 Å². The van der Waals surface area contributed by atoms with Crippen LogP contribution in [0.25, 0.3) is 0 Å². The van der Waals surface area contributed by atoms with Crippen LogP contribution in [-0.2, 0) is 16.4 Å². The number of hydrogen-bond acceptors (Lipinski definition) is 4. The molecule has 1 atom stereocenters. The molecule has 1 saturated heterocycles. The van der Waals surface area contributed by atoms with Crippen molar-refractivity contribution in [1.82, 2.24) is 15.1 Å². The molecule has 1 aliphatic heterocycles. The average molecular weight is 311 g/mol. The monoisotopic (exact) mass is 311 g/mol. The summed E-state index contributed by atoms with van der Waals surface area (Å²) in [5, 5.41) is 8.01. The first kappa shape index (κ1) is 15.0. The minimum absolute atomic E-state index is 0.0866. The van der Waals surface area contributed by atoms with Crippen LogP contribution in [0.2, 0.25) is 0 Å². The molecule has 1 aromatic heterocycles. The molecule has 0 spiro atoms. The van der Waals surface area contributed by atoms with E-state index >= 15 is 0 Å². The number of rotatable bonds is 4. The molecule has 1 unspecified atom stereocenters. The van der Waals surface area contributed by atoms with E-state index in [-0.39, 0.29) is 11.8 Å². The van der Waals surface area contributed by atoms with E-state index in [4.69, 9.17) is 0 Å². The second kappa shape index (κ2) is 6.48. The van der Waals surface area contributed by atoms with Gasteiger partial charge in [-0.15, -0.1) is 0 Å². The molecule has 2 fully saturated rings. The van der Waals surface area contributed by atoms with Crippen molar-refractivity contribution in [2.45, 2.75) is 63.6 Å². The Labute approximate surface area is 127 Å². The minimum atomic E-state index is -2.84. The zero-order valence-corrected chi connectivity index (χ0v) is 13.3. The second-order valence-electron chi connectivity index (χ2n) is 6.41. The lowest BCUT2D eigenvalue weighted by Crippen LogP contribution is -2.39. The number of nitrogens with one attached hydrogen (secondary N) is 1. The standard InChI is InChI=1S/C15H25N3O2S/c19-21(20)10-4-5-14(12-21)16-11-13-8-9-18(17-13)15-6-2-1-3-7-15/h8-9,14-16H,1-7,10-12H2. The Morgan fingerprint density at radius 3 is 2.76 bits per heavy atom. The molecule has 118 valence electrons. The van der Waals surface area contributed by atoms with Gasteiger partial charge in [-0.2, -0.15) is 5.10 Å². The maximum Gasteiger partial charge on any atom is 0.151 e. The number of sulfone groups is 1. The molecule has 0 bridgehead atoms. The molecule has 6 heteroatoms. The summed E-state index contributed by atoms with van der Waals surface area (Å²) in [6.45, 7) is 0.667. The molecule has 21 heavy (non-hydrogen) atoms. The van der Waals surface area contributed by atoms with Crippen LogP contribution in [0.15, 0.2) is 12.3 Å². The van der Waals surface area contributed by atoms with Gasteiger partial charge < -0.3 is 5.32 Å². The Bertz CT molecular complexity index is 561. The normalized spacial score (nSPS) is 26.8. The van der Waals surface area contributed by atoms with E-state index in [2.05, 4.69) is 27.4 Å². The molecule has 3 rings (SSSR count). The molecule has 0 radical (unpaired) electrons. The van der Waals surface area contributed by atoms with Crippen molar-refractivity contribution in [3.05, 3.63) is 18.0 Å². The first-order valence-corrected chi connectivity index (χ1v) is 9.92. The van der Waals surface area contributed by atoms with Crippen LogP contribution in [0.5, 0.6) is 0 Å². The van der Waals surface area contributed by atoms with Gasteiger partial charge in [0.25, 0.3) is 0 Å². The summed E-state index contributed by atoms with van der Waals surface area (Å²) >= 11 is 0. The van der Waals surface area contributed by atoms with E-state index in [0.717, 1.165) is 18.5 Å².